The van der Waals surface area contributed by atoms with Crippen molar-refractivity contribution >= 4 is 34.9 Å². The fourth-order valence-corrected chi connectivity index (χ4v) is 2.76. The molecule has 6 nitrogen and oxygen atoms in total. The molecule has 1 amide bonds. The Morgan fingerprint density at radius 1 is 1.23 bits per heavy atom. The molecule has 2 heterocycles. The van der Waals surface area contributed by atoms with Crippen molar-refractivity contribution in [1.82, 2.24) is 14.8 Å². The van der Waals surface area contributed by atoms with Crippen molar-refractivity contribution in [3.8, 4) is 11.6 Å². The minimum absolute atomic E-state index is 0.0779. The number of aryl methyl sites for hydroxylation is 1. The molecule has 3 aromatic rings. The standard InChI is InChI=1S/C18H16Cl2N4O2/c1-3-26-16-8-7-14(20)17(22-16)18(25)21-15-9-11(2)23-24(15)13-6-4-5-12(19)10-13/h4-10H,3H2,1-2H3,(H,21,25). The van der Waals surface area contributed by atoms with Gasteiger partial charge in [-0.15, -0.1) is 0 Å². The van der Waals surface area contributed by atoms with E-state index in [1.54, 1.807) is 35.0 Å². The summed E-state index contributed by atoms with van der Waals surface area (Å²) in [6.45, 7) is 4.11. The Morgan fingerprint density at radius 3 is 2.77 bits per heavy atom. The number of amides is 1. The Balaban J connectivity index is 1.92. The molecule has 0 saturated carbocycles. The minimum Gasteiger partial charge on any atom is -0.478 e. The molecule has 0 bridgehead atoms. The van der Waals surface area contributed by atoms with Crippen LogP contribution < -0.4 is 10.1 Å². The van der Waals surface area contributed by atoms with Crippen LogP contribution >= 0.6 is 23.2 Å². The van der Waals surface area contributed by atoms with Gasteiger partial charge in [-0.2, -0.15) is 5.10 Å². The normalized spacial score (nSPS) is 10.6. The van der Waals surface area contributed by atoms with Gasteiger partial charge in [-0.05, 0) is 38.1 Å². The number of ether oxygens (including phenoxy) is 1. The van der Waals surface area contributed by atoms with Gasteiger partial charge in [0.15, 0.2) is 5.69 Å². The molecule has 0 saturated heterocycles. The van der Waals surface area contributed by atoms with Crippen molar-refractivity contribution in [1.29, 1.82) is 0 Å². The highest BCUT2D eigenvalue weighted by molar-refractivity contribution is 6.34. The lowest BCUT2D eigenvalue weighted by atomic mass is 10.3. The van der Waals surface area contributed by atoms with E-state index >= 15 is 0 Å². The van der Waals surface area contributed by atoms with Gasteiger partial charge in [-0.3, -0.25) is 4.79 Å². The van der Waals surface area contributed by atoms with Gasteiger partial charge >= 0.3 is 0 Å². The molecule has 0 radical (unpaired) electrons. The molecule has 0 fully saturated rings. The van der Waals surface area contributed by atoms with Crippen LogP contribution in [0.15, 0.2) is 42.5 Å². The highest BCUT2D eigenvalue weighted by atomic mass is 35.5. The lowest BCUT2D eigenvalue weighted by Gasteiger charge is -2.10. The number of rotatable bonds is 5. The van der Waals surface area contributed by atoms with Crippen LogP contribution in [0.5, 0.6) is 5.88 Å². The van der Waals surface area contributed by atoms with Crippen LogP contribution in [-0.4, -0.2) is 27.3 Å². The number of nitrogens with zero attached hydrogens (tertiary/aromatic N) is 3. The van der Waals surface area contributed by atoms with Gasteiger partial charge in [0.25, 0.3) is 5.91 Å². The molecular weight excluding hydrogens is 375 g/mol. The van der Waals surface area contributed by atoms with E-state index in [9.17, 15) is 4.79 Å². The van der Waals surface area contributed by atoms with Gasteiger partial charge in [-0.25, -0.2) is 9.67 Å². The fourth-order valence-electron chi connectivity index (χ4n) is 2.38. The van der Waals surface area contributed by atoms with E-state index in [1.165, 1.54) is 0 Å². The molecule has 2 aromatic heterocycles. The van der Waals surface area contributed by atoms with Gasteiger partial charge in [0.2, 0.25) is 5.88 Å². The number of carbonyl (C=O) groups excluding carboxylic acids is 1. The van der Waals surface area contributed by atoms with E-state index in [4.69, 9.17) is 27.9 Å². The summed E-state index contributed by atoms with van der Waals surface area (Å²) in [7, 11) is 0. The van der Waals surface area contributed by atoms with Gasteiger partial charge in [-0.1, -0.05) is 29.3 Å². The van der Waals surface area contributed by atoms with E-state index in [0.717, 1.165) is 11.4 Å². The molecule has 1 N–H and O–H groups in total. The molecule has 0 aliphatic rings. The fraction of sp³-hybridized carbons (Fsp3) is 0.167. The second-order valence-corrected chi connectivity index (χ2v) is 6.27. The van der Waals surface area contributed by atoms with Crippen LogP contribution in [0.3, 0.4) is 0 Å². The largest absolute Gasteiger partial charge is 0.478 e. The summed E-state index contributed by atoms with van der Waals surface area (Å²) in [4.78, 5) is 16.8. The summed E-state index contributed by atoms with van der Waals surface area (Å²) in [6.07, 6.45) is 0. The van der Waals surface area contributed by atoms with E-state index in [1.807, 2.05) is 26.0 Å². The molecule has 0 spiro atoms. The lowest BCUT2D eigenvalue weighted by molar-refractivity contribution is 0.102. The average Bonchev–Trinajstić information content (AvgIpc) is 2.97. The highest BCUT2D eigenvalue weighted by Crippen LogP contribution is 2.23. The third-order valence-corrected chi connectivity index (χ3v) is 3.99. The van der Waals surface area contributed by atoms with Crippen LogP contribution in [-0.2, 0) is 0 Å². The number of aromatic nitrogens is 3. The van der Waals surface area contributed by atoms with E-state index in [2.05, 4.69) is 15.4 Å². The second-order valence-electron chi connectivity index (χ2n) is 5.43. The summed E-state index contributed by atoms with van der Waals surface area (Å²) < 4.78 is 6.93. The van der Waals surface area contributed by atoms with Crippen molar-refractivity contribution < 1.29 is 9.53 Å². The first-order valence-corrected chi connectivity index (χ1v) is 8.67. The number of nitrogens with one attached hydrogen (secondary N) is 1. The van der Waals surface area contributed by atoms with Crippen molar-refractivity contribution in [2.45, 2.75) is 13.8 Å². The monoisotopic (exact) mass is 390 g/mol. The maximum absolute atomic E-state index is 12.7. The van der Waals surface area contributed by atoms with Gasteiger partial charge in [0.1, 0.15) is 5.82 Å². The average molecular weight is 391 g/mol. The SMILES string of the molecule is CCOc1ccc(Cl)c(C(=O)Nc2cc(C)nn2-c2cccc(Cl)c2)n1. The summed E-state index contributed by atoms with van der Waals surface area (Å²) in [6, 6.07) is 12.1. The summed E-state index contributed by atoms with van der Waals surface area (Å²) in [5.74, 6) is 0.357. The zero-order valence-corrected chi connectivity index (χ0v) is 15.7. The zero-order valence-electron chi connectivity index (χ0n) is 14.2. The quantitative estimate of drug-likeness (QED) is 0.694. The Kier molecular flexibility index (Phi) is 5.44. The third-order valence-electron chi connectivity index (χ3n) is 3.45. The van der Waals surface area contributed by atoms with Crippen molar-refractivity contribution in [2.75, 3.05) is 11.9 Å². The van der Waals surface area contributed by atoms with Crippen LogP contribution in [0.25, 0.3) is 5.69 Å². The first-order chi connectivity index (χ1) is 12.5. The highest BCUT2D eigenvalue weighted by Gasteiger charge is 2.17. The van der Waals surface area contributed by atoms with E-state index < -0.39 is 5.91 Å². The Bertz CT molecular complexity index is 956. The number of carbonyl (C=O) groups is 1. The number of hydrogen-bond acceptors (Lipinski definition) is 4. The molecule has 26 heavy (non-hydrogen) atoms. The van der Waals surface area contributed by atoms with Crippen molar-refractivity contribution in [2.24, 2.45) is 0 Å². The first-order valence-electron chi connectivity index (χ1n) is 7.91. The van der Waals surface area contributed by atoms with Crippen molar-refractivity contribution in [3.63, 3.8) is 0 Å². The summed E-state index contributed by atoms with van der Waals surface area (Å²) >= 11 is 12.2. The van der Waals surface area contributed by atoms with E-state index in [0.29, 0.717) is 23.3 Å². The number of halogens is 2. The Morgan fingerprint density at radius 2 is 2.04 bits per heavy atom. The molecule has 134 valence electrons. The smallest absolute Gasteiger partial charge is 0.277 e. The summed E-state index contributed by atoms with van der Waals surface area (Å²) in [5.41, 5.74) is 1.54. The summed E-state index contributed by atoms with van der Waals surface area (Å²) in [5, 5.41) is 8.00. The topological polar surface area (TPSA) is 69.0 Å². The van der Waals surface area contributed by atoms with Crippen molar-refractivity contribution in [3.05, 3.63) is 63.9 Å². The van der Waals surface area contributed by atoms with Crippen LogP contribution in [0.4, 0.5) is 5.82 Å². The minimum atomic E-state index is -0.459. The maximum Gasteiger partial charge on any atom is 0.277 e. The van der Waals surface area contributed by atoms with Crippen LogP contribution in [0.1, 0.15) is 23.1 Å². The van der Waals surface area contributed by atoms with E-state index in [-0.39, 0.29) is 10.7 Å². The van der Waals surface area contributed by atoms with Gasteiger partial charge in [0, 0.05) is 17.2 Å². The zero-order chi connectivity index (χ0) is 18.7. The lowest BCUT2D eigenvalue weighted by Crippen LogP contribution is -2.17. The van der Waals surface area contributed by atoms with Gasteiger partial charge < -0.3 is 10.1 Å². The van der Waals surface area contributed by atoms with Gasteiger partial charge in [0.05, 0.1) is 23.0 Å². The molecule has 0 atom stereocenters. The number of hydrogen-bond donors (Lipinski definition) is 1. The number of benzene rings is 1. The Labute approximate surface area is 160 Å². The molecule has 0 unspecified atom stereocenters. The molecule has 8 heteroatoms. The molecule has 1 aromatic carbocycles. The third kappa shape index (κ3) is 3.98. The number of anilines is 1. The molecular formula is C18H16Cl2N4O2. The molecule has 3 rings (SSSR count). The predicted molar refractivity (Wildman–Crippen MR) is 102 cm³/mol. The second kappa shape index (κ2) is 7.76. The number of pyridine rings is 1. The molecule has 0 aliphatic heterocycles. The maximum atomic E-state index is 12.7. The Hall–Kier alpha value is -2.57. The van der Waals surface area contributed by atoms with Crippen LogP contribution in [0.2, 0.25) is 10.0 Å². The molecule has 0 aliphatic carbocycles. The first kappa shape index (κ1) is 18.2. The van der Waals surface area contributed by atoms with Crippen LogP contribution in [0, 0.1) is 6.92 Å². The predicted octanol–water partition coefficient (Wildman–Crippen LogP) is 4.53.